The minimum absolute atomic E-state index is 0.0813. The number of benzene rings is 1. The Morgan fingerprint density at radius 3 is 2.82 bits per heavy atom. The smallest absolute Gasteiger partial charge is 0.203 e. The molecule has 0 aliphatic carbocycles. The lowest BCUT2D eigenvalue weighted by Crippen LogP contribution is -2.03. The van der Waals surface area contributed by atoms with Crippen molar-refractivity contribution in [2.75, 3.05) is 13.7 Å². The van der Waals surface area contributed by atoms with Gasteiger partial charge in [0.25, 0.3) is 0 Å². The Balaban J connectivity index is 2.17. The van der Waals surface area contributed by atoms with Crippen molar-refractivity contribution in [3.8, 4) is 5.75 Å². The number of aromatic nitrogens is 2. The topological polar surface area (TPSA) is 53.3 Å². The van der Waals surface area contributed by atoms with Crippen LogP contribution in [0.3, 0.4) is 0 Å². The van der Waals surface area contributed by atoms with Gasteiger partial charge in [-0.3, -0.25) is 9.48 Å². The summed E-state index contributed by atoms with van der Waals surface area (Å²) in [5, 5.41) is 3.99. The number of rotatable bonds is 7. The standard InChI is InChI=1S/C17H20N2O3/c1-4-22-12-14-11-13(6-8-17(14)21-3)5-7-16(20)15-9-10-18-19(15)2/h5-11H,4,12H2,1-3H3/b7-5+. The first kappa shape index (κ1) is 16.0. The number of allylic oxidation sites excluding steroid dienone is 1. The van der Waals surface area contributed by atoms with E-state index in [0.717, 1.165) is 16.9 Å². The molecular weight excluding hydrogens is 280 g/mol. The number of hydrogen-bond acceptors (Lipinski definition) is 4. The number of carbonyl (C=O) groups excluding carboxylic acids is 1. The molecule has 0 spiro atoms. The van der Waals surface area contributed by atoms with Crippen LogP contribution >= 0.6 is 0 Å². The molecule has 0 N–H and O–H groups in total. The largest absolute Gasteiger partial charge is 0.496 e. The molecule has 0 amide bonds. The second-order valence-corrected chi connectivity index (χ2v) is 4.75. The number of carbonyl (C=O) groups is 1. The lowest BCUT2D eigenvalue weighted by molar-refractivity contribution is 0.103. The van der Waals surface area contributed by atoms with Gasteiger partial charge in [0.15, 0.2) is 0 Å². The molecule has 0 saturated carbocycles. The molecule has 5 nitrogen and oxygen atoms in total. The van der Waals surface area contributed by atoms with Crippen LogP contribution in [-0.2, 0) is 18.4 Å². The van der Waals surface area contributed by atoms with Crippen LogP contribution in [0.25, 0.3) is 6.08 Å². The van der Waals surface area contributed by atoms with Crippen molar-refractivity contribution >= 4 is 11.9 Å². The highest BCUT2D eigenvalue weighted by Gasteiger charge is 2.07. The van der Waals surface area contributed by atoms with E-state index >= 15 is 0 Å². The van der Waals surface area contributed by atoms with Gasteiger partial charge in [0.2, 0.25) is 5.78 Å². The molecule has 0 saturated heterocycles. The maximum Gasteiger partial charge on any atom is 0.203 e. The van der Waals surface area contributed by atoms with E-state index in [1.54, 1.807) is 43.3 Å². The molecule has 22 heavy (non-hydrogen) atoms. The normalized spacial score (nSPS) is 11.0. The van der Waals surface area contributed by atoms with Crippen LogP contribution in [-0.4, -0.2) is 29.3 Å². The summed E-state index contributed by atoms with van der Waals surface area (Å²) in [6.45, 7) is 3.07. The second-order valence-electron chi connectivity index (χ2n) is 4.75. The molecule has 5 heteroatoms. The van der Waals surface area contributed by atoms with Crippen LogP contribution < -0.4 is 4.74 Å². The fourth-order valence-corrected chi connectivity index (χ4v) is 2.10. The average molecular weight is 300 g/mol. The Morgan fingerprint density at radius 2 is 2.18 bits per heavy atom. The Labute approximate surface area is 130 Å². The monoisotopic (exact) mass is 300 g/mol. The molecule has 0 atom stereocenters. The Morgan fingerprint density at radius 1 is 1.36 bits per heavy atom. The highest BCUT2D eigenvalue weighted by molar-refractivity contribution is 6.05. The number of nitrogens with zero attached hydrogens (tertiary/aromatic N) is 2. The summed E-state index contributed by atoms with van der Waals surface area (Å²) < 4.78 is 12.3. The van der Waals surface area contributed by atoms with E-state index in [1.807, 2.05) is 25.1 Å². The predicted molar refractivity (Wildman–Crippen MR) is 84.9 cm³/mol. The van der Waals surface area contributed by atoms with Gasteiger partial charge in [-0.1, -0.05) is 12.1 Å². The third-order valence-corrected chi connectivity index (χ3v) is 3.27. The minimum Gasteiger partial charge on any atom is -0.496 e. The predicted octanol–water partition coefficient (Wildman–Crippen LogP) is 2.86. The molecule has 0 fully saturated rings. The summed E-state index contributed by atoms with van der Waals surface area (Å²) >= 11 is 0. The minimum atomic E-state index is -0.0813. The summed E-state index contributed by atoms with van der Waals surface area (Å²) in [5.41, 5.74) is 2.44. The lowest BCUT2D eigenvalue weighted by Gasteiger charge is -2.09. The van der Waals surface area contributed by atoms with Gasteiger partial charge >= 0.3 is 0 Å². The van der Waals surface area contributed by atoms with Gasteiger partial charge in [-0.25, -0.2) is 0 Å². The van der Waals surface area contributed by atoms with Crippen LogP contribution in [0.2, 0.25) is 0 Å². The zero-order chi connectivity index (χ0) is 15.9. The highest BCUT2D eigenvalue weighted by atomic mass is 16.5. The van der Waals surface area contributed by atoms with E-state index in [4.69, 9.17) is 9.47 Å². The third kappa shape index (κ3) is 3.83. The molecule has 0 bridgehead atoms. The molecule has 0 aliphatic heterocycles. The van der Waals surface area contributed by atoms with Gasteiger partial charge in [-0.15, -0.1) is 0 Å². The number of methoxy groups -OCH3 is 1. The van der Waals surface area contributed by atoms with Crippen LogP contribution in [0, 0.1) is 0 Å². The van der Waals surface area contributed by atoms with Gasteiger partial charge in [-0.2, -0.15) is 5.10 Å². The summed E-state index contributed by atoms with van der Waals surface area (Å²) in [6, 6.07) is 7.44. The van der Waals surface area contributed by atoms with E-state index in [9.17, 15) is 4.79 Å². The first-order valence-corrected chi connectivity index (χ1v) is 7.10. The Bertz CT molecular complexity index is 674. The van der Waals surface area contributed by atoms with E-state index in [-0.39, 0.29) is 5.78 Å². The zero-order valence-corrected chi connectivity index (χ0v) is 13.1. The molecular formula is C17H20N2O3. The first-order chi connectivity index (χ1) is 10.7. The van der Waals surface area contributed by atoms with Crippen LogP contribution in [0.5, 0.6) is 5.75 Å². The van der Waals surface area contributed by atoms with E-state index in [1.165, 1.54) is 0 Å². The Kier molecular flexibility index (Phi) is 5.49. The zero-order valence-electron chi connectivity index (χ0n) is 13.1. The molecule has 1 heterocycles. The van der Waals surface area contributed by atoms with Gasteiger partial charge < -0.3 is 9.47 Å². The maximum atomic E-state index is 12.1. The SMILES string of the molecule is CCOCc1cc(/C=C/C(=O)c2ccnn2C)ccc1OC. The quantitative estimate of drug-likeness (QED) is 0.583. The summed E-state index contributed by atoms with van der Waals surface area (Å²) in [5.74, 6) is 0.700. The summed E-state index contributed by atoms with van der Waals surface area (Å²) in [7, 11) is 3.38. The first-order valence-electron chi connectivity index (χ1n) is 7.10. The van der Waals surface area contributed by atoms with Gasteiger partial charge in [0, 0.05) is 25.4 Å². The number of aryl methyl sites for hydroxylation is 1. The van der Waals surface area contributed by atoms with Crippen LogP contribution in [0.15, 0.2) is 36.5 Å². The van der Waals surface area contributed by atoms with Crippen molar-refractivity contribution in [3.63, 3.8) is 0 Å². The van der Waals surface area contributed by atoms with Gasteiger partial charge in [-0.05, 0) is 36.8 Å². The van der Waals surface area contributed by atoms with Crippen molar-refractivity contribution in [1.29, 1.82) is 0 Å². The second kappa shape index (κ2) is 7.56. The molecule has 2 aromatic rings. The average Bonchev–Trinajstić information content (AvgIpc) is 2.96. The van der Waals surface area contributed by atoms with Crippen molar-refractivity contribution in [1.82, 2.24) is 9.78 Å². The van der Waals surface area contributed by atoms with E-state index < -0.39 is 0 Å². The van der Waals surface area contributed by atoms with E-state index in [2.05, 4.69) is 5.10 Å². The molecule has 2 rings (SSSR count). The molecule has 0 aliphatic rings. The summed E-state index contributed by atoms with van der Waals surface area (Å²) in [6.07, 6.45) is 4.93. The molecule has 0 unspecified atom stereocenters. The highest BCUT2D eigenvalue weighted by Crippen LogP contribution is 2.21. The molecule has 116 valence electrons. The lowest BCUT2D eigenvalue weighted by atomic mass is 10.1. The molecule has 0 radical (unpaired) electrons. The van der Waals surface area contributed by atoms with Crippen molar-refractivity contribution in [3.05, 3.63) is 53.4 Å². The van der Waals surface area contributed by atoms with Crippen LogP contribution in [0.1, 0.15) is 28.5 Å². The number of ketones is 1. The summed E-state index contributed by atoms with van der Waals surface area (Å²) in [4.78, 5) is 12.1. The molecule has 1 aromatic heterocycles. The fourth-order valence-electron chi connectivity index (χ4n) is 2.10. The molecule has 1 aromatic carbocycles. The van der Waals surface area contributed by atoms with E-state index in [0.29, 0.717) is 18.9 Å². The third-order valence-electron chi connectivity index (χ3n) is 3.27. The van der Waals surface area contributed by atoms with Gasteiger partial charge in [0.05, 0.1) is 13.7 Å². The van der Waals surface area contributed by atoms with Crippen molar-refractivity contribution < 1.29 is 14.3 Å². The van der Waals surface area contributed by atoms with Crippen LogP contribution in [0.4, 0.5) is 0 Å². The fraction of sp³-hybridized carbons (Fsp3) is 0.294. The number of hydrogen-bond donors (Lipinski definition) is 0. The maximum absolute atomic E-state index is 12.1. The van der Waals surface area contributed by atoms with Crippen molar-refractivity contribution in [2.45, 2.75) is 13.5 Å². The Hall–Kier alpha value is -2.40. The van der Waals surface area contributed by atoms with Gasteiger partial charge in [0.1, 0.15) is 11.4 Å². The number of ether oxygens (including phenoxy) is 2. The van der Waals surface area contributed by atoms with Crippen molar-refractivity contribution in [2.24, 2.45) is 7.05 Å².